The fourth-order valence-corrected chi connectivity index (χ4v) is 3.46. The van der Waals surface area contributed by atoms with Crippen LogP contribution in [-0.2, 0) is 4.74 Å². The third-order valence-electron chi connectivity index (χ3n) is 5.01. The maximum Gasteiger partial charge on any atom is 0.252 e. The number of carbonyl (C=O) groups excluding carboxylic acids is 2. The molecule has 5 heteroatoms. The molecule has 0 atom stereocenters. The molecule has 1 fully saturated rings. The molecule has 1 aliphatic heterocycles. The van der Waals surface area contributed by atoms with Gasteiger partial charge in [0.05, 0.1) is 19.8 Å². The average Bonchev–Trinajstić information content (AvgIpc) is 2.77. The lowest BCUT2D eigenvalue weighted by molar-refractivity contribution is 0.0905. The van der Waals surface area contributed by atoms with Crippen molar-refractivity contribution in [2.45, 2.75) is 0 Å². The summed E-state index contributed by atoms with van der Waals surface area (Å²) in [5.41, 5.74) is 2.25. The zero-order valence-electron chi connectivity index (χ0n) is 15.6. The predicted molar refractivity (Wildman–Crippen MR) is 110 cm³/mol. The predicted octanol–water partition coefficient (Wildman–Crippen LogP) is 3.29. The Labute approximate surface area is 163 Å². The van der Waals surface area contributed by atoms with E-state index in [-0.39, 0.29) is 18.2 Å². The molecule has 0 aliphatic carbocycles. The second-order valence-electron chi connectivity index (χ2n) is 6.78. The van der Waals surface area contributed by atoms with Crippen LogP contribution in [0.1, 0.15) is 20.7 Å². The number of ether oxygens (including phenoxy) is 1. The maximum absolute atomic E-state index is 12.6. The molecule has 1 aliphatic rings. The molecule has 0 aromatic heterocycles. The van der Waals surface area contributed by atoms with Crippen molar-refractivity contribution in [1.82, 2.24) is 5.32 Å². The molecule has 1 N–H and O–H groups in total. The van der Waals surface area contributed by atoms with Crippen molar-refractivity contribution in [3.05, 3.63) is 77.9 Å². The minimum Gasteiger partial charge on any atom is -0.378 e. The van der Waals surface area contributed by atoms with Crippen LogP contribution in [0.4, 0.5) is 5.69 Å². The van der Waals surface area contributed by atoms with E-state index in [0.29, 0.717) is 11.1 Å². The summed E-state index contributed by atoms with van der Waals surface area (Å²) in [7, 11) is 0. The van der Waals surface area contributed by atoms with Crippen molar-refractivity contribution in [3.8, 4) is 0 Å². The van der Waals surface area contributed by atoms with E-state index in [1.807, 2.05) is 60.7 Å². The quantitative estimate of drug-likeness (QED) is 0.697. The van der Waals surface area contributed by atoms with Crippen LogP contribution in [-0.4, -0.2) is 44.5 Å². The number of morpholine rings is 1. The van der Waals surface area contributed by atoms with E-state index in [4.69, 9.17) is 4.74 Å². The normalized spacial score (nSPS) is 14.1. The number of ketones is 1. The first-order chi connectivity index (χ1) is 13.7. The molecule has 0 bridgehead atoms. The van der Waals surface area contributed by atoms with Crippen LogP contribution >= 0.6 is 0 Å². The smallest absolute Gasteiger partial charge is 0.252 e. The minimum absolute atomic E-state index is 0.0288. The minimum atomic E-state index is -0.241. The fraction of sp³-hybridized carbons (Fsp3) is 0.217. The van der Waals surface area contributed by atoms with Crippen molar-refractivity contribution in [3.63, 3.8) is 0 Å². The number of nitrogens with one attached hydrogen (secondary N) is 1. The average molecular weight is 374 g/mol. The number of fused-ring (bicyclic) bond motifs is 1. The van der Waals surface area contributed by atoms with Gasteiger partial charge >= 0.3 is 0 Å². The van der Waals surface area contributed by atoms with Gasteiger partial charge in [-0.2, -0.15) is 0 Å². The lowest BCUT2D eigenvalue weighted by atomic mass is 10.0. The van der Waals surface area contributed by atoms with E-state index >= 15 is 0 Å². The van der Waals surface area contributed by atoms with Gasteiger partial charge in [0.25, 0.3) is 5.91 Å². The number of benzene rings is 3. The molecular formula is C23H22N2O3. The molecule has 142 valence electrons. The molecule has 0 spiro atoms. The second-order valence-corrected chi connectivity index (χ2v) is 6.78. The van der Waals surface area contributed by atoms with Gasteiger partial charge < -0.3 is 15.0 Å². The van der Waals surface area contributed by atoms with Gasteiger partial charge in [-0.05, 0) is 41.1 Å². The standard InChI is InChI=1S/C23H22N2O3/c26-22(18-8-10-19(11-9-18)25-12-14-28-15-13-25)16-24-23(27)21-7-3-5-17-4-1-2-6-20(17)21/h1-11H,12-16H2,(H,24,27). The molecule has 0 unspecified atom stereocenters. The molecule has 1 amide bonds. The number of hydrogen-bond acceptors (Lipinski definition) is 4. The van der Waals surface area contributed by atoms with Gasteiger partial charge in [0.15, 0.2) is 5.78 Å². The molecule has 1 heterocycles. The van der Waals surface area contributed by atoms with Gasteiger partial charge in [-0.3, -0.25) is 9.59 Å². The maximum atomic E-state index is 12.6. The highest BCUT2D eigenvalue weighted by Crippen LogP contribution is 2.19. The van der Waals surface area contributed by atoms with Crippen LogP contribution in [0.5, 0.6) is 0 Å². The Bertz CT molecular complexity index is 987. The van der Waals surface area contributed by atoms with Crippen molar-refractivity contribution in [1.29, 1.82) is 0 Å². The van der Waals surface area contributed by atoms with Crippen LogP contribution < -0.4 is 10.2 Å². The first kappa shape index (κ1) is 18.2. The Balaban J connectivity index is 1.40. The lowest BCUT2D eigenvalue weighted by Gasteiger charge is -2.28. The van der Waals surface area contributed by atoms with Crippen molar-refractivity contribution in [2.24, 2.45) is 0 Å². The van der Waals surface area contributed by atoms with Gasteiger partial charge in [0, 0.05) is 29.9 Å². The van der Waals surface area contributed by atoms with E-state index in [9.17, 15) is 9.59 Å². The topological polar surface area (TPSA) is 58.6 Å². The first-order valence-corrected chi connectivity index (χ1v) is 9.44. The number of hydrogen-bond donors (Lipinski definition) is 1. The Kier molecular flexibility index (Phi) is 5.35. The SMILES string of the molecule is O=C(CNC(=O)c1cccc2ccccc12)c1ccc(N2CCOCC2)cc1. The second kappa shape index (κ2) is 8.23. The van der Waals surface area contributed by atoms with E-state index in [1.54, 1.807) is 6.07 Å². The number of Topliss-reactive ketones (excluding diaryl/α,β-unsaturated/α-hetero) is 1. The molecule has 0 radical (unpaired) electrons. The monoisotopic (exact) mass is 374 g/mol. The van der Waals surface area contributed by atoms with E-state index in [1.165, 1.54) is 0 Å². The summed E-state index contributed by atoms with van der Waals surface area (Å²) >= 11 is 0. The summed E-state index contributed by atoms with van der Waals surface area (Å²) in [4.78, 5) is 27.3. The molecule has 0 saturated carbocycles. The van der Waals surface area contributed by atoms with E-state index < -0.39 is 0 Å². The number of rotatable bonds is 5. The van der Waals surface area contributed by atoms with Crippen molar-refractivity contribution < 1.29 is 14.3 Å². The van der Waals surface area contributed by atoms with Crippen LogP contribution in [0.2, 0.25) is 0 Å². The zero-order valence-corrected chi connectivity index (χ0v) is 15.6. The molecule has 5 nitrogen and oxygen atoms in total. The molecular weight excluding hydrogens is 352 g/mol. The zero-order chi connectivity index (χ0) is 19.3. The first-order valence-electron chi connectivity index (χ1n) is 9.44. The van der Waals surface area contributed by atoms with Gasteiger partial charge in [0.2, 0.25) is 0 Å². The molecule has 3 aromatic rings. The number of amides is 1. The Morgan fingerprint density at radius 1 is 0.893 bits per heavy atom. The van der Waals surface area contributed by atoms with Gasteiger partial charge in [0.1, 0.15) is 0 Å². The van der Waals surface area contributed by atoms with Crippen LogP contribution in [0.3, 0.4) is 0 Å². The van der Waals surface area contributed by atoms with E-state index in [0.717, 1.165) is 42.8 Å². The van der Waals surface area contributed by atoms with Crippen molar-refractivity contribution in [2.75, 3.05) is 37.7 Å². The highest BCUT2D eigenvalue weighted by Gasteiger charge is 2.14. The Morgan fingerprint density at radius 2 is 1.61 bits per heavy atom. The summed E-state index contributed by atoms with van der Waals surface area (Å²) in [6, 6.07) is 20.8. The van der Waals surface area contributed by atoms with Gasteiger partial charge in [-0.15, -0.1) is 0 Å². The van der Waals surface area contributed by atoms with Gasteiger partial charge in [-0.1, -0.05) is 36.4 Å². The van der Waals surface area contributed by atoms with Crippen LogP contribution in [0, 0.1) is 0 Å². The number of nitrogens with zero attached hydrogens (tertiary/aromatic N) is 1. The Hall–Kier alpha value is -3.18. The summed E-state index contributed by atoms with van der Waals surface area (Å²) in [6.07, 6.45) is 0. The van der Waals surface area contributed by atoms with Crippen LogP contribution in [0.25, 0.3) is 10.8 Å². The number of carbonyl (C=O) groups is 2. The summed E-state index contributed by atoms with van der Waals surface area (Å²) in [5.74, 6) is -0.350. The van der Waals surface area contributed by atoms with Gasteiger partial charge in [-0.25, -0.2) is 0 Å². The lowest BCUT2D eigenvalue weighted by Crippen LogP contribution is -2.36. The third-order valence-corrected chi connectivity index (χ3v) is 5.01. The summed E-state index contributed by atoms with van der Waals surface area (Å²) < 4.78 is 5.36. The molecule has 4 rings (SSSR count). The molecule has 3 aromatic carbocycles. The third kappa shape index (κ3) is 3.89. The Morgan fingerprint density at radius 3 is 2.39 bits per heavy atom. The fourth-order valence-electron chi connectivity index (χ4n) is 3.46. The highest BCUT2D eigenvalue weighted by atomic mass is 16.5. The number of anilines is 1. The van der Waals surface area contributed by atoms with E-state index in [2.05, 4.69) is 10.2 Å². The molecule has 1 saturated heterocycles. The van der Waals surface area contributed by atoms with Crippen LogP contribution in [0.15, 0.2) is 66.7 Å². The summed E-state index contributed by atoms with van der Waals surface area (Å²) in [5, 5.41) is 4.63. The summed E-state index contributed by atoms with van der Waals surface area (Å²) in [6.45, 7) is 3.13. The highest BCUT2D eigenvalue weighted by molar-refractivity contribution is 6.09. The van der Waals surface area contributed by atoms with Crippen molar-refractivity contribution >= 4 is 28.2 Å². The largest absolute Gasteiger partial charge is 0.378 e. The molecule has 28 heavy (non-hydrogen) atoms.